The van der Waals surface area contributed by atoms with Gasteiger partial charge in [0.05, 0.1) is 18.0 Å². The molecular weight excluding hydrogens is 426 g/mol. The second kappa shape index (κ2) is 10.2. The summed E-state index contributed by atoms with van der Waals surface area (Å²) in [6, 6.07) is 16.4. The summed E-state index contributed by atoms with van der Waals surface area (Å²) in [7, 11) is 0. The van der Waals surface area contributed by atoms with Crippen molar-refractivity contribution >= 4 is 17.3 Å². The predicted octanol–water partition coefficient (Wildman–Crippen LogP) is 3.35. The molecule has 0 unspecified atom stereocenters. The van der Waals surface area contributed by atoms with E-state index >= 15 is 0 Å². The number of nitrogens with zero attached hydrogens (tertiary/aromatic N) is 4. The maximum absolute atomic E-state index is 10.3. The van der Waals surface area contributed by atoms with Crippen molar-refractivity contribution in [3.63, 3.8) is 0 Å². The first kappa shape index (κ1) is 22.3. The van der Waals surface area contributed by atoms with E-state index in [9.17, 15) is 5.11 Å². The van der Waals surface area contributed by atoms with E-state index in [1.54, 1.807) is 0 Å². The van der Waals surface area contributed by atoms with E-state index in [0.29, 0.717) is 19.6 Å². The molecule has 1 aromatic carbocycles. The molecule has 8 nitrogen and oxygen atoms in total. The fourth-order valence-electron chi connectivity index (χ4n) is 4.36. The number of hydrogen-bond donors (Lipinski definition) is 4. The standard InChI is InChI=1S/C26H31N7O/c1-2-19-16-31-33-25(13-24(32-26(19)33)29-15-21-10-12-27-17-23(21)34)30-14-18-6-8-20(9-7-18)22-5-3-4-11-28-22/h3-9,11,13,16,21,23,27,30,34H,2,10,12,14-15,17H2,1H3,(H,29,32)/t21-,23+/m1/s1. The van der Waals surface area contributed by atoms with Gasteiger partial charge in [0.1, 0.15) is 11.6 Å². The van der Waals surface area contributed by atoms with Gasteiger partial charge in [0, 0.05) is 48.9 Å². The van der Waals surface area contributed by atoms with E-state index in [1.165, 1.54) is 5.56 Å². The molecule has 3 aromatic heterocycles. The number of benzene rings is 1. The van der Waals surface area contributed by atoms with Crippen LogP contribution >= 0.6 is 0 Å². The first-order valence-electron chi connectivity index (χ1n) is 12.0. The minimum Gasteiger partial charge on any atom is -0.391 e. The van der Waals surface area contributed by atoms with Gasteiger partial charge in [-0.15, -0.1) is 0 Å². The molecule has 1 aliphatic rings. The highest BCUT2D eigenvalue weighted by Crippen LogP contribution is 2.22. The molecule has 4 heterocycles. The van der Waals surface area contributed by atoms with Gasteiger partial charge in [-0.25, -0.2) is 4.98 Å². The van der Waals surface area contributed by atoms with Crippen molar-refractivity contribution < 1.29 is 5.11 Å². The number of aliphatic hydroxyl groups is 1. The van der Waals surface area contributed by atoms with Gasteiger partial charge in [-0.05, 0) is 37.1 Å². The minimum atomic E-state index is -0.335. The van der Waals surface area contributed by atoms with Crippen molar-refractivity contribution in [3.05, 3.63) is 72.1 Å². The number of piperidine rings is 1. The third-order valence-electron chi connectivity index (χ3n) is 6.45. The molecule has 1 aliphatic heterocycles. The minimum absolute atomic E-state index is 0.212. The summed E-state index contributed by atoms with van der Waals surface area (Å²) >= 11 is 0. The number of fused-ring (bicyclic) bond motifs is 1. The number of nitrogens with one attached hydrogen (secondary N) is 3. The van der Waals surface area contributed by atoms with Crippen molar-refractivity contribution in [2.75, 3.05) is 30.3 Å². The number of aliphatic hydroxyl groups excluding tert-OH is 1. The third kappa shape index (κ3) is 4.88. The molecular formula is C26H31N7O. The molecule has 1 fully saturated rings. The van der Waals surface area contributed by atoms with Gasteiger partial charge in [0.2, 0.25) is 0 Å². The first-order valence-corrected chi connectivity index (χ1v) is 12.0. The molecule has 0 spiro atoms. The summed E-state index contributed by atoms with van der Waals surface area (Å²) < 4.78 is 1.87. The van der Waals surface area contributed by atoms with Crippen LogP contribution in [0.5, 0.6) is 0 Å². The van der Waals surface area contributed by atoms with E-state index in [1.807, 2.05) is 41.2 Å². The van der Waals surface area contributed by atoms with Crippen molar-refractivity contribution in [2.24, 2.45) is 5.92 Å². The van der Waals surface area contributed by atoms with Crippen LogP contribution in [-0.4, -0.2) is 50.4 Å². The van der Waals surface area contributed by atoms with Gasteiger partial charge in [0.25, 0.3) is 0 Å². The van der Waals surface area contributed by atoms with Crippen LogP contribution in [0, 0.1) is 5.92 Å². The second-order valence-electron chi connectivity index (χ2n) is 8.75. The molecule has 0 radical (unpaired) electrons. The zero-order valence-electron chi connectivity index (χ0n) is 19.4. The average Bonchev–Trinajstić information content (AvgIpc) is 3.31. The third-order valence-corrected chi connectivity index (χ3v) is 6.45. The number of aryl methyl sites for hydroxylation is 1. The zero-order valence-corrected chi connectivity index (χ0v) is 19.4. The summed E-state index contributed by atoms with van der Waals surface area (Å²) in [5, 5.41) is 25.1. The number of hydrogen-bond acceptors (Lipinski definition) is 7. The van der Waals surface area contributed by atoms with Gasteiger partial charge >= 0.3 is 0 Å². The number of aromatic nitrogens is 4. The van der Waals surface area contributed by atoms with Crippen LogP contribution in [0.15, 0.2) is 60.9 Å². The van der Waals surface area contributed by atoms with Crippen molar-refractivity contribution in [2.45, 2.75) is 32.4 Å². The molecule has 0 amide bonds. The molecule has 0 aliphatic carbocycles. The summed E-state index contributed by atoms with van der Waals surface area (Å²) in [5.41, 5.74) is 5.19. The van der Waals surface area contributed by atoms with E-state index in [4.69, 9.17) is 4.98 Å². The van der Waals surface area contributed by atoms with Gasteiger partial charge < -0.3 is 21.1 Å². The lowest BCUT2D eigenvalue weighted by atomic mass is 9.95. The summed E-state index contributed by atoms with van der Waals surface area (Å²) in [6.07, 6.45) is 5.17. The quantitative estimate of drug-likeness (QED) is 0.322. The van der Waals surface area contributed by atoms with Gasteiger partial charge in [-0.1, -0.05) is 37.3 Å². The van der Waals surface area contributed by atoms with Crippen molar-refractivity contribution in [3.8, 4) is 11.3 Å². The highest BCUT2D eigenvalue weighted by molar-refractivity contribution is 5.61. The Hall–Kier alpha value is -3.49. The van der Waals surface area contributed by atoms with E-state index in [0.717, 1.165) is 53.5 Å². The van der Waals surface area contributed by atoms with Crippen LogP contribution in [0.25, 0.3) is 16.9 Å². The number of β-amino-alcohol motifs (C(OH)–C–C–N with tert-alkyl or cyclic N) is 1. The Balaban J connectivity index is 1.33. The van der Waals surface area contributed by atoms with Crippen molar-refractivity contribution in [1.82, 2.24) is 24.9 Å². The van der Waals surface area contributed by atoms with Crippen molar-refractivity contribution in [1.29, 1.82) is 0 Å². The Kier molecular flexibility index (Phi) is 6.69. The van der Waals surface area contributed by atoms with Crippen LogP contribution in [0.3, 0.4) is 0 Å². The van der Waals surface area contributed by atoms with Gasteiger partial charge in [-0.2, -0.15) is 9.61 Å². The zero-order chi connectivity index (χ0) is 23.3. The summed E-state index contributed by atoms with van der Waals surface area (Å²) in [6.45, 7) is 5.05. The molecule has 176 valence electrons. The Labute approximate surface area is 199 Å². The van der Waals surface area contributed by atoms with Crippen LogP contribution < -0.4 is 16.0 Å². The fourth-order valence-corrected chi connectivity index (χ4v) is 4.36. The summed E-state index contributed by atoms with van der Waals surface area (Å²) in [4.78, 5) is 9.24. The Morgan fingerprint density at radius 2 is 2.03 bits per heavy atom. The molecule has 34 heavy (non-hydrogen) atoms. The molecule has 8 heteroatoms. The maximum Gasteiger partial charge on any atom is 0.162 e. The fraction of sp³-hybridized carbons (Fsp3) is 0.346. The van der Waals surface area contributed by atoms with Crippen LogP contribution in [0.1, 0.15) is 24.5 Å². The van der Waals surface area contributed by atoms with E-state index in [-0.39, 0.29) is 12.0 Å². The highest BCUT2D eigenvalue weighted by Gasteiger charge is 2.22. The topological polar surface area (TPSA) is 99.4 Å². The smallest absolute Gasteiger partial charge is 0.162 e. The van der Waals surface area contributed by atoms with Crippen LogP contribution in [0.4, 0.5) is 11.6 Å². The maximum atomic E-state index is 10.3. The Bertz CT molecular complexity index is 1220. The number of anilines is 2. The first-order chi connectivity index (χ1) is 16.7. The molecule has 0 saturated carbocycles. The Morgan fingerprint density at radius 3 is 2.79 bits per heavy atom. The monoisotopic (exact) mass is 457 g/mol. The van der Waals surface area contributed by atoms with Crippen LogP contribution in [0.2, 0.25) is 0 Å². The summed E-state index contributed by atoms with van der Waals surface area (Å²) in [5.74, 6) is 1.89. The normalized spacial score (nSPS) is 18.2. The molecule has 0 bridgehead atoms. The molecule has 2 atom stereocenters. The molecule has 4 N–H and O–H groups in total. The number of pyridine rings is 1. The molecule has 1 saturated heterocycles. The van der Waals surface area contributed by atoms with E-state index < -0.39 is 0 Å². The lowest BCUT2D eigenvalue weighted by molar-refractivity contribution is 0.0883. The predicted molar refractivity (Wildman–Crippen MR) is 135 cm³/mol. The largest absolute Gasteiger partial charge is 0.391 e. The average molecular weight is 458 g/mol. The number of rotatable bonds is 8. The second-order valence-corrected chi connectivity index (χ2v) is 8.75. The lowest BCUT2D eigenvalue weighted by Gasteiger charge is -2.28. The van der Waals surface area contributed by atoms with E-state index in [2.05, 4.69) is 57.2 Å². The Morgan fingerprint density at radius 1 is 1.15 bits per heavy atom. The lowest BCUT2D eigenvalue weighted by Crippen LogP contribution is -2.43. The SMILES string of the molecule is CCc1cnn2c(NCc3ccc(-c4ccccn4)cc3)cc(NC[C@H]3CCNC[C@@H]3O)nc12. The molecule has 5 rings (SSSR count). The highest BCUT2D eigenvalue weighted by atomic mass is 16.3. The van der Waals surface area contributed by atoms with Gasteiger partial charge in [-0.3, -0.25) is 4.98 Å². The van der Waals surface area contributed by atoms with Gasteiger partial charge in [0.15, 0.2) is 5.65 Å². The van der Waals surface area contributed by atoms with Crippen LogP contribution in [-0.2, 0) is 13.0 Å². The molecule has 4 aromatic rings.